The Bertz CT molecular complexity index is 991. The molecular formula is C24H33N3O6. The van der Waals surface area contributed by atoms with Gasteiger partial charge in [0.1, 0.15) is 23.1 Å². The van der Waals surface area contributed by atoms with Crippen LogP contribution in [-0.2, 0) is 25.5 Å². The quantitative estimate of drug-likeness (QED) is 0.506. The van der Waals surface area contributed by atoms with E-state index >= 15 is 0 Å². The van der Waals surface area contributed by atoms with Crippen LogP contribution in [0.4, 0.5) is 4.79 Å². The molecule has 0 fully saturated rings. The fourth-order valence-electron chi connectivity index (χ4n) is 3.43. The van der Waals surface area contributed by atoms with E-state index in [9.17, 15) is 9.59 Å². The summed E-state index contributed by atoms with van der Waals surface area (Å²) in [5.74, 6) is 0.00340. The first-order valence-corrected chi connectivity index (χ1v) is 11.0. The lowest BCUT2D eigenvalue weighted by molar-refractivity contribution is -0.205. The number of H-pyrrole nitrogens is 1. The van der Waals surface area contributed by atoms with Crippen LogP contribution in [0.2, 0.25) is 0 Å². The van der Waals surface area contributed by atoms with E-state index in [0.717, 1.165) is 16.7 Å². The number of aryl methyl sites for hydroxylation is 1. The van der Waals surface area contributed by atoms with Crippen LogP contribution in [0.15, 0.2) is 30.6 Å². The molecule has 33 heavy (non-hydrogen) atoms. The number of fused-ring (bicyclic) bond motifs is 1. The Kier molecular flexibility index (Phi) is 6.74. The first kappa shape index (κ1) is 24.6. The van der Waals surface area contributed by atoms with Crippen molar-refractivity contribution in [3.63, 3.8) is 0 Å². The number of benzene rings is 1. The van der Waals surface area contributed by atoms with Crippen molar-refractivity contribution >= 4 is 12.1 Å². The van der Waals surface area contributed by atoms with Crippen molar-refractivity contribution in [2.75, 3.05) is 0 Å². The molecule has 1 aliphatic heterocycles. The van der Waals surface area contributed by atoms with Crippen molar-refractivity contribution in [1.82, 2.24) is 15.7 Å². The third-order valence-corrected chi connectivity index (χ3v) is 5.00. The summed E-state index contributed by atoms with van der Waals surface area (Å²) in [5.41, 5.74) is 2.17. The van der Waals surface area contributed by atoms with Crippen LogP contribution in [0.5, 0.6) is 5.75 Å². The van der Waals surface area contributed by atoms with Gasteiger partial charge < -0.3 is 14.2 Å². The van der Waals surface area contributed by atoms with Gasteiger partial charge in [-0.1, -0.05) is 6.07 Å². The number of rotatable bonds is 5. The molecule has 2 N–H and O–H groups in total. The second-order valence-corrected chi connectivity index (χ2v) is 10.3. The molecule has 3 rings (SSSR count). The number of aromatic amines is 1. The van der Waals surface area contributed by atoms with E-state index in [1.54, 1.807) is 54.7 Å². The topological polar surface area (TPSA) is 112 Å². The number of hydrogen-bond acceptors (Lipinski definition) is 7. The van der Waals surface area contributed by atoms with Crippen molar-refractivity contribution in [1.29, 1.82) is 0 Å². The first-order chi connectivity index (χ1) is 15.3. The maximum atomic E-state index is 13.2. The molecule has 0 unspecified atom stereocenters. The zero-order valence-electron chi connectivity index (χ0n) is 20.3. The molecule has 2 atom stereocenters. The maximum Gasteiger partial charge on any atom is 0.431 e. The molecule has 180 valence electrons. The van der Waals surface area contributed by atoms with E-state index in [1.165, 1.54) is 0 Å². The molecule has 9 nitrogen and oxygen atoms in total. The molecule has 1 aromatic carbocycles. The predicted molar refractivity (Wildman–Crippen MR) is 121 cm³/mol. The number of carbonyl (C=O) groups is 2. The van der Waals surface area contributed by atoms with Crippen LogP contribution < -0.4 is 10.2 Å². The molecule has 1 aromatic heterocycles. The van der Waals surface area contributed by atoms with E-state index in [0.29, 0.717) is 18.6 Å². The van der Waals surface area contributed by atoms with Gasteiger partial charge in [-0.15, -0.1) is 0 Å². The van der Waals surface area contributed by atoms with E-state index in [4.69, 9.17) is 19.0 Å². The molecule has 0 bridgehead atoms. The van der Waals surface area contributed by atoms with Crippen molar-refractivity contribution in [3.8, 4) is 16.9 Å². The van der Waals surface area contributed by atoms with Crippen molar-refractivity contribution in [3.05, 3.63) is 36.2 Å². The largest absolute Gasteiger partial charge is 0.486 e. The average molecular weight is 460 g/mol. The molecular weight excluding hydrogens is 426 g/mol. The first-order valence-electron chi connectivity index (χ1n) is 11.0. The van der Waals surface area contributed by atoms with Crippen molar-refractivity contribution in [2.24, 2.45) is 0 Å². The second-order valence-electron chi connectivity index (χ2n) is 10.3. The SMILES string of the molecule is CC(C)(C)OC(=O)NO[C@](C)(C(=O)OC(C)(C)C)[C@H]1CCc2cc(-c3cn[nH]c3)ccc2O1. The van der Waals surface area contributed by atoms with Gasteiger partial charge >= 0.3 is 12.1 Å². The van der Waals surface area contributed by atoms with E-state index in [-0.39, 0.29) is 0 Å². The summed E-state index contributed by atoms with van der Waals surface area (Å²) in [6.07, 6.45) is 3.20. The van der Waals surface area contributed by atoms with Gasteiger partial charge in [0.05, 0.1) is 6.20 Å². The van der Waals surface area contributed by atoms with Gasteiger partial charge in [0.2, 0.25) is 5.60 Å². The highest BCUT2D eigenvalue weighted by molar-refractivity contribution is 5.81. The van der Waals surface area contributed by atoms with E-state index < -0.39 is 35.0 Å². The van der Waals surface area contributed by atoms with Crippen molar-refractivity contribution < 1.29 is 28.6 Å². The van der Waals surface area contributed by atoms with Gasteiger partial charge in [-0.25, -0.2) is 14.4 Å². The average Bonchev–Trinajstić information content (AvgIpc) is 3.23. The van der Waals surface area contributed by atoms with Crippen LogP contribution >= 0.6 is 0 Å². The standard InChI is InChI=1S/C24H33N3O6/c1-22(2,3)31-20(28)24(7,33-27-21(29)32-23(4,5)6)19-11-9-16-12-15(8-10-18(16)30-19)17-13-25-26-14-17/h8,10,12-14,19H,9,11H2,1-7H3,(H,25,26)(H,27,29)/t19-,24+/m1/s1. The molecule has 0 spiro atoms. The van der Waals surface area contributed by atoms with Crippen LogP contribution in [0.1, 0.15) is 60.5 Å². The molecule has 0 radical (unpaired) electrons. The zero-order chi connectivity index (χ0) is 24.4. The smallest absolute Gasteiger partial charge is 0.431 e. The molecule has 0 aliphatic carbocycles. The minimum absolute atomic E-state index is 0.480. The number of aromatic nitrogens is 2. The lowest BCUT2D eigenvalue weighted by Crippen LogP contribution is -2.58. The van der Waals surface area contributed by atoms with Gasteiger partial charge in [-0.2, -0.15) is 10.6 Å². The van der Waals surface area contributed by atoms with Gasteiger partial charge in [0, 0.05) is 11.8 Å². The summed E-state index contributed by atoms with van der Waals surface area (Å²) < 4.78 is 17.0. The Balaban J connectivity index is 1.81. The number of hydroxylamine groups is 1. The summed E-state index contributed by atoms with van der Waals surface area (Å²) in [7, 11) is 0. The minimum Gasteiger partial charge on any atom is -0.486 e. The number of nitrogens with one attached hydrogen (secondary N) is 2. The number of nitrogens with zero attached hydrogens (tertiary/aromatic N) is 1. The fourth-order valence-corrected chi connectivity index (χ4v) is 3.43. The molecule has 2 aromatic rings. The van der Waals surface area contributed by atoms with Crippen LogP contribution in [0.25, 0.3) is 11.1 Å². The highest BCUT2D eigenvalue weighted by Gasteiger charge is 2.50. The Labute approximate surface area is 194 Å². The summed E-state index contributed by atoms with van der Waals surface area (Å²) in [6, 6.07) is 5.83. The van der Waals surface area contributed by atoms with E-state index in [2.05, 4.69) is 15.7 Å². The summed E-state index contributed by atoms with van der Waals surface area (Å²) in [4.78, 5) is 31.0. The predicted octanol–water partition coefficient (Wildman–Crippen LogP) is 4.33. The molecule has 0 saturated heterocycles. The number of amides is 1. The normalized spacial score (nSPS) is 17.8. The Morgan fingerprint density at radius 1 is 1.06 bits per heavy atom. The third kappa shape index (κ3) is 6.25. The van der Waals surface area contributed by atoms with E-state index in [1.807, 2.05) is 24.4 Å². The monoisotopic (exact) mass is 459 g/mol. The summed E-state index contributed by atoms with van der Waals surface area (Å²) in [5, 5.41) is 6.80. The van der Waals surface area contributed by atoms with Gasteiger partial charge in [-0.3, -0.25) is 5.10 Å². The van der Waals surface area contributed by atoms with Gasteiger partial charge in [0.15, 0.2) is 0 Å². The van der Waals surface area contributed by atoms with Crippen LogP contribution in [0.3, 0.4) is 0 Å². The summed E-state index contributed by atoms with van der Waals surface area (Å²) in [6.45, 7) is 12.0. The zero-order valence-corrected chi connectivity index (χ0v) is 20.3. The summed E-state index contributed by atoms with van der Waals surface area (Å²) >= 11 is 0. The number of ether oxygens (including phenoxy) is 3. The highest BCUT2D eigenvalue weighted by Crippen LogP contribution is 2.36. The fraction of sp³-hybridized carbons (Fsp3) is 0.542. The Morgan fingerprint density at radius 3 is 2.36 bits per heavy atom. The third-order valence-electron chi connectivity index (χ3n) is 5.00. The molecule has 1 amide bonds. The van der Waals surface area contributed by atoms with Crippen molar-refractivity contribution in [2.45, 2.75) is 84.2 Å². The van der Waals surface area contributed by atoms with Crippen LogP contribution in [-0.4, -0.2) is 45.2 Å². The number of esters is 1. The van der Waals surface area contributed by atoms with Gasteiger partial charge in [-0.05, 0) is 84.6 Å². The highest BCUT2D eigenvalue weighted by atomic mass is 16.7. The minimum atomic E-state index is -1.61. The molecule has 9 heteroatoms. The lowest BCUT2D eigenvalue weighted by atomic mass is 9.89. The maximum absolute atomic E-state index is 13.2. The lowest BCUT2D eigenvalue weighted by Gasteiger charge is -2.39. The molecule has 1 aliphatic rings. The Hall–Kier alpha value is -3.07. The molecule has 2 heterocycles. The number of carbonyl (C=O) groups excluding carboxylic acids is 2. The number of hydrogen-bond donors (Lipinski definition) is 2. The molecule has 0 saturated carbocycles. The van der Waals surface area contributed by atoms with Crippen LogP contribution in [0, 0.1) is 0 Å². The Morgan fingerprint density at radius 2 is 1.76 bits per heavy atom. The van der Waals surface area contributed by atoms with Gasteiger partial charge in [0.25, 0.3) is 0 Å². The second kappa shape index (κ2) is 9.05.